The highest BCUT2D eigenvalue weighted by atomic mass is 79.9. The molecule has 3 rings (SSSR count). The van der Waals surface area contributed by atoms with E-state index in [-0.39, 0.29) is 11.3 Å². The Bertz CT molecular complexity index is 771. The van der Waals surface area contributed by atoms with E-state index in [1.807, 2.05) is 0 Å². The van der Waals surface area contributed by atoms with Crippen molar-refractivity contribution in [2.24, 2.45) is 0 Å². The Hall–Kier alpha value is -1.81. The van der Waals surface area contributed by atoms with Gasteiger partial charge in [0.1, 0.15) is 11.3 Å². The third-order valence-corrected chi connectivity index (χ3v) is 3.52. The summed E-state index contributed by atoms with van der Waals surface area (Å²) >= 11 is 3.12. The second-order valence-electron chi connectivity index (χ2n) is 4.11. The minimum atomic E-state index is -0.435. The molecule has 0 saturated carbocycles. The zero-order valence-electron chi connectivity index (χ0n) is 9.70. The third kappa shape index (κ3) is 2.12. The van der Waals surface area contributed by atoms with E-state index >= 15 is 0 Å². The topological polar surface area (TPSA) is 12.9 Å². The summed E-state index contributed by atoms with van der Waals surface area (Å²) in [6.45, 7) is 0. The smallest absolute Gasteiger partial charge is 0.163 e. The van der Waals surface area contributed by atoms with E-state index in [1.54, 1.807) is 42.5 Å². The summed E-state index contributed by atoms with van der Waals surface area (Å²) in [5.74, 6) is -0.805. The molecule has 0 spiro atoms. The Labute approximate surface area is 117 Å². The maximum atomic E-state index is 14.0. The van der Waals surface area contributed by atoms with E-state index in [2.05, 4.69) is 20.9 Å². The van der Waals surface area contributed by atoms with Crippen LogP contribution in [-0.2, 0) is 0 Å². The van der Waals surface area contributed by atoms with Gasteiger partial charge in [-0.1, -0.05) is 24.3 Å². The monoisotopic (exact) mass is 319 g/mol. The van der Waals surface area contributed by atoms with Gasteiger partial charge >= 0.3 is 0 Å². The lowest BCUT2D eigenvalue weighted by Crippen LogP contribution is -1.91. The van der Waals surface area contributed by atoms with Crippen LogP contribution in [0.3, 0.4) is 0 Å². The highest BCUT2D eigenvalue weighted by Gasteiger charge is 2.10. The Morgan fingerprint density at radius 1 is 0.895 bits per heavy atom. The van der Waals surface area contributed by atoms with Gasteiger partial charge in [-0.15, -0.1) is 0 Å². The fraction of sp³-hybridized carbons (Fsp3) is 0. The van der Waals surface area contributed by atoms with Crippen LogP contribution in [0.4, 0.5) is 8.78 Å². The first kappa shape index (κ1) is 12.2. The third-order valence-electron chi connectivity index (χ3n) is 2.90. The molecule has 0 fully saturated rings. The summed E-state index contributed by atoms with van der Waals surface area (Å²) in [6, 6.07) is 13.1. The number of benzene rings is 2. The predicted molar refractivity (Wildman–Crippen MR) is 74.8 cm³/mol. The van der Waals surface area contributed by atoms with Gasteiger partial charge < -0.3 is 0 Å². The normalized spacial score (nSPS) is 10.9. The lowest BCUT2D eigenvalue weighted by atomic mass is 10.1. The minimum absolute atomic E-state index is 0.232. The second-order valence-corrected chi connectivity index (χ2v) is 4.96. The molecule has 1 nitrogen and oxygen atoms in total. The number of fused-ring (bicyclic) bond motifs is 1. The number of aromatic nitrogens is 1. The van der Waals surface area contributed by atoms with Gasteiger partial charge in [0.2, 0.25) is 0 Å². The van der Waals surface area contributed by atoms with Crippen molar-refractivity contribution in [3.63, 3.8) is 0 Å². The molecule has 1 aromatic heterocycles. The summed E-state index contributed by atoms with van der Waals surface area (Å²) in [6.07, 6.45) is 0. The molecule has 4 heteroatoms. The van der Waals surface area contributed by atoms with Crippen molar-refractivity contribution in [3.05, 3.63) is 64.6 Å². The van der Waals surface area contributed by atoms with Crippen molar-refractivity contribution in [2.45, 2.75) is 0 Å². The van der Waals surface area contributed by atoms with Gasteiger partial charge in [-0.25, -0.2) is 13.8 Å². The molecule has 0 aliphatic heterocycles. The zero-order valence-corrected chi connectivity index (χ0v) is 11.3. The van der Waals surface area contributed by atoms with E-state index in [4.69, 9.17) is 0 Å². The van der Waals surface area contributed by atoms with Gasteiger partial charge in [-0.2, -0.15) is 0 Å². The van der Waals surface area contributed by atoms with Crippen LogP contribution in [0.25, 0.3) is 22.2 Å². The van der Waals surface area contributed by atoms with E-state index in [0.29, 0.717) is 21.1 Å². The maximum absolute atomic E-state index is 14.0. The van der Waals surface area contributed by atoms with Crippen molar-refractivity contribution in [2.75, 3.05) is 0 Å². The molecule has 3 aromatic rings. The van der Waals surface area contributed by atoms with Gasteiger partial charge in [-0.05, 0) is 40.2 Å². The first-order valence-electron chi connectivity index (χ1n) is 5.66. The number of nitrogens with zero attached hydrogens (tertiary/aromatic N) is 1. The summed E-state index contributed by atoms with van der Waals surface area (Å²) in [4.78, 5) is 4.22. The van der Waals surface area contributed by atoms with Crippen LogP contribution in [0.5, 0.6) is 0 Å². The second kappa shape index (κ2) is 4.70. The van der Waals surface area contributed by atoms with E-state index in [1.165, 1.54) is 6.07 Å². The molecule has 2 aromatic carbocycles. The lowest BCUT2D eigenvalue weighted by Gasteiger charge is -2.06. The molecule has 94 valence electrons. The highest BCUT2D eigenvalue weighted by molar-refractivity contribution is 9.10. The van der Waals surface area contributed by atoms with Crippen LogP contribution in [0.1, 0.15) is 0 Å². The van der Waals surface area contributed by atoms with E-state index in [0.717, 1.165) is 0 Å². The number of pyridine rings is 1. The molecule has 0 aliphatic carbocycles. The quantitative estimate of drug-likeness (QED) is 0.619. The number of rotatable bonds is 1. The molecule has 0 unspecified atom stereocenters. The van der Waals surface area contributed by atoms with Crippen LogP contribution in [-0.4, -0.2) is 4.98 Å². The highest BCUT2D eigenvalue weighted by Crippen LogP contribution is 2.27. The van der Waals surface area contributed by atoms with Gasteiger partial charge in [0, 0.05) is 10.9 Å². The van der Waals surface area contributed by atoms with Gasteiger partial charge in [0.25, 0.3) is 0 Å². The van der Waals surface area contributed by atoms with Crippen LogP contribution >= 0.6 is 15.9 Å². The van der Waals surface area contributed by atoms with E-state index < -0.39 is 5.82 Å². The SMILES string of the molecule is Fc1ccccc1-c1ccc2ccc(Br)c(F)c2n1. The predicted octanol–water partition coefficient (Wildman–Crippen LogP) is 4.94. The largest absolute Gasteiger partial charge is 0.245 e. The molecular formula is C15H8BrF2N. The van der Waals surface area contributed by atoms with E-state index in [9.17, 15) is 8.78 Å². The molecule has 1 heterocycles. The Kier molecular flexibility index (Phi) is 3.03. The summed E-state index contributed by atoms with van der Waals surface area (Å²) in [5, 5.41) is 0.681. The van der Waals surface area contributed by atoms with Gasteiger partial charge in [-0.3, -0.25) is 0 Å². The molecule has 0 radical (unpaired) electrons. The van der Waals surface area contributed by atoms with Crippen LogP contribution < -0.4 is 0 Å². The molecule has 0 bridgehead atoms. The van der Waals surface area contributed by atoms with Crippen molar-refractivity contribution in [3.8, 4) is 11.3 Å². The molecule has 0 saturated heterocycles. The first-order chi connectivity index (χ1) is 9.16. The Balaban J connectivity index is 2.27. The van der Waals surface area contributed by atoms with Crippen LogP contribution in [0.15, 0.2) is 53.0 Å². The molecule has 0 aliphatic rings. The van der Waals surface area contributed by atoms with Gasteiger partial charge in [0.05, 0.1) is 10.2 Å². The fourth-order valence-electron chi connectivity index (χ4n) is 1.95. The Morgan fingerprint density at radius 2 is 1.63 bits per heavy atom. The lowest BCUT2D eigenvalue weighted by molar-refractivity contribution is 0.627. The first-order valence-corrected chi connectivity index (χ1v) is 6.46. The average Bonchev–Trinajstić information content (AvgIpc) is 2.43. The molecule has 0 N–H and O–H groups in total. The zero-order chi connectivity index (χ0) is 13.4. The fourth-order valence-corrected chi connectivity index (χ4v) is 2.27. The van der Waals surface area contributed by atoms with Crippen molar-refractivity contribution < 1.29 is 8.78 Å². The number of hydrogen-bond donors (Lipinski definition) is 0. The Morgan fingerprint density at radius 3 is 2.42 bits per heavy atom. The van der Waals surface area contributed by atoms with Crippen LogP contribution in [0, 0.1) is 11.6 Å². The van der Waals surface area contributed by atoms with Crippen molar-refractivity contribution >= 4 is 26.8 Å². The summed E-state index contributed by atoms with van der Waals surface area (Å²) < 4.78 is 28.0. The molecule has 0 atom stereocenters. The molecule has 19 heavy (non-hydrogen) atoms. The van der Waals surface area contributed by atoms with Gasteiger partial charge in [0.15, 0.2) is 5.82 Å². The van der Waals surface area contributed by atoms with Crippen molar-refractivity contribution in [1.29, 1.82) is 0 Å². The number of halogens is 3. The van der Waals surface area contributed by atoms with Crippen molar-refractivity contribution in [1.82, 2.24) is 4.98 Å². The molecular weight excluding hydrogens is 312 g/mol. The number of hydrogen-bond acceptors (Lipinski definition) is 1. The summed E-state index contributed by atoms with van der Waals surface area (Å²) in [7, 11) is 0. The molecule has 0 amide bonds. The minimum Gasteiger partial charge on any atom is -0.245 e. The standard InChI is InChI=1S/C15H8BrF2N/c16-11-7-5-9-6-8-13(19-15(9)14(11)18)10-3-1-2-4-12(10)17/h1-8H. The maximum Gasteiger partial charge on any atom is 0.163 e. The van der Waals surface area contributed by atoms with Crippen LogP contribution in [0.2, 0.25) is 0 Å². The average molecular weight is 320 g/mol. The summed E-state index contributed by atoms with van der Waals surface area (Å²) in [5.41, 5.74) is 1.02.